The summed E-state index contributed by atoms with van der Waals surface area (Å²) in [6.07, 6.45) is 0.393. The molecule has 0 heterocycles. The Morgan fingerprint density at radius 3 is 2.70 bits per heavy atom. The van der Waals surface area contributed by atoms with Crippen molar-refractivity contribution in [3.05, 3.63) is 28.5 Å². The van der Waals surface area contributed by atoms with Crippen LogP contribution in [0.2, 0.25) is 5.02 Å². The number of rotatable bonds is 6. The van der Waals surface area contributed by atoms with Gasteiger partial charge in [-0.05, 0) is 18.6 Å². The van der Waals surface area contributed by atoms with Crippen molar-refractivity contribution in [3.8, 4) is 6.07 Å². The first-order chi connectivity index (χ1) is 9.29. The van der Waals surface area contributed by atoms with Gasteiger partial charge in [-0.3, -0.25) is 0 Å². The van der Waals surface area contributed by atoms with Crippen LogP contribution in [0.5, 0.6) is 0 Å². The number of carboxylic acid groups (broad SMARTS) is 1. The van der Waals surface area contributed by atoms with Crippen molar-refractivity contribution in [2.75, 3.05) is 6.54 Å². The first kappa shape index (κ1) is 16.4. The Balaban J connectivity index is 3.12. The summed E-state index contributed by atoms with van der Waals surface area (Å²) in [7, 11) is -4.23. The predicted octanol–water partition coefficient (Wildman–Crippen LogP) is 1.76. The molecule has 0 fully saturated rings. The molecule has 0 saturated heterocycles. The van der Waals surface area contributed by atoms with Crippen LogP contribution in [0.1, 0.15) is 23.2 Å². The van der Waals surface area contributed by atoms with Crippen LogP contribution in [0.3, 0.4) is 0 Å². The van der Waals surface area contributed by atoms with Gasteiger partial charge in [-0.1, -0.05) is 11.6 Å². The van der Waals surface area contributed by atoms with E-state index in [1.807, 2.05) is 6.07 Å². The van der Waals surface area contributed by atoms with Crippen LogP contribution in [0, 0.1) is 17.1 Å². The number of sulfonamides is 1. The first-order valence-corrected chi connectivity index (χ1v) is 7.24. The summed E-state index contributed by atoms with van der Waals surface area (Å²) in [4.78, 5) is 9.97. The molecule has 0 unspecified atom stereocenters. The molecule has 0 radical (unpaired) electrons. The van der Waals surface area contributed by atoms with Gasteiger partial charge in [0.05, 0.1) is 11.6 Å². The number of carboxylic acids is 1. The number of hydrogen-bond donors (Lipinski definition) is 2. The number of nitrogens with one attached hydrogen (secondary N) is 1. The van der Waals surface area contributed by atoms with E-state index in [-0.39, 0.29) is 24.4 Å². The quantitative estimate of drug-likeness (QED) is 0.776. The average Bonchev–Trinajstić information content (AvgIpc) is 2.36. The molecule has 2 N–H and O–H groups in total. The average molecular weight is 321 g/mol. The lowest BCUT2D eigenvalue weighted by Crippen LogP contribution is -2.26. The summed E-state index contributed by atoms with van der Waals surface area (Å²) in [5.74, 6) is -3.00. The number of nitriles is 1. The highest BCUT2D eigenvalue weighted by atomic mass is 35.5. The largest absolute Gasteiger partial charge is 0.478 e. The number of carbonyl (C=O) groups is 1. The lowest BCUT2D eigenvalue weighted by Gasteiger charge is -2.09. The highest BCUT2D eigenvalue weighted by Gasteiger charge is 2.24. The maximum atomic E-state index is 13.9. The van der Waals surface area contributed by atoms with Crippen molar-refractivity contribution in [2.45, 2.75) is 17.7 Å². The fourth-order valence-corrected chi connectivity index (χ4v) is 2.85. The van der Waals surface area contributed by atoms with Gasteiger partial charge in [-0.25, -0.2) is 22.3 Å². The molecule has 0 aromatic heterocycles. The summed E-state index contributed by atoms with van der Waals surface area (Å²) in [6, 6.07) is 3.49. The summed E-state index contributed by atoms with van der Waals surface area (Å²) >= 11 is 5.59. The normalized spacial score (nSPS) is 11.1. The van der Waals surface area contributed by atoms with Crippen molar-refractivity contribution in [1.82, 2.24) is 4.72 Å². The number of aromatic carboxylic acids is 1. The Morgan fingerprint density at radius 1 is 1.50 bits per heavy atom. The van der Waals surface area contributed by atoms with E-state index in [4.69, 9.17) is 22.0 Å². The highest BCUT2D eigenvalue weighted by Crippen LogP contribution is 2.23. The van der Waals surface area contributed by atoms with Crippen LogP contribution < -0.4 is 4.72 Å². The molecule has 0 atom stereocenters. The van der Waals surface area contributed by atoms with E-state index in [9.17, 15) is 17.6 Å². The molecule has 20 heavy (non-hydrogen) atoms. The zero-order chi connectivity index (χ0) is 15.3. The molecule has 0 amide bonds. The molecule has 0 saturated carbocycles. The Hall–Kier alpha value is -1.69. The van der Waals surface area contributed by atoms with Crippen LogP contribution in [-0.2, 0) is 10.0 Å². The predicted molar refractivity (Wildman–Crippen MR) is 68.4 cm³/mol. The summed E-state index contributed by atoms with van der Waals surface area (Å²) in [5, 5.41) is 16.9. The highest BCUT2D eigenvalue weighted by molar-refractivity contribution is 7.89. The minimum absolute atomic E-state index is 0.0652. The van der Waals surface area contributed by atoms with E-state index in [1.165, 1.54) is 0 Å². The molecule has 0 aliphatic heterocycles. The number of halogens is 2. The summed E-state index contributed by atoms with van der Waals surface area (Å²) < 4.78 is 39.7. The smallest absolute Gasteiger partial charge is 0.338 e. The Morgan fingerprint density at radius 2 is 2.15 bits per heavy atom. The van der Waals surface area contributed by atoms with E-state index >= 15 is 0 Å². The second-order valence-electron chi connectivity index (χ2n) is 3.73. The van der Waals surface area contributed by atoms with Crippen LogP contribution in [-0.4, -0.2) is 26.0 Å². The van der Waals surface area contributed by atoms with Gasteiger partial charge >= 0.3 is 5.97 Å². The number of benzene rings is 1. The maximum absolute atomic E-state index is 13.9. The van der Waals surface area contributed by atoms with Gasteiger partial charge in [0.15, 0.2) is 5.82 Å². The van der Waals surface area contributed by atoms with Gasteiger partial charge < -0.3 is 5.11 Å². The standard InChI is InChI=1S/C11H10ClFN2O4S/c12-7-5-8(11(16)17)10(13)9(6-7)20(18,19)15-4-2-1-3-14/h5-6,15H,1-2,4H2,(H,16,17). The van der Waals surface area contributed by atoms with E-state index < -0.39 is 32.3 Å². The Bertz CT molecular complexity index is 670. The topological polar surface area (TPSA) is 107 Å². The van der Waals surface area contributed by atoms with Crippen molar-refractivity contribution in [1.29, 1.82) is 5.26 Å². The van der Waals surface area contributed by atoms with E-state index in [0.717, 1.165) is 12.1 Å². The minimum atomic E-state index is -4.23. The molecular weight excluding hydrogens is 311 g/mol. The molecule has 0 spiro atoms. The van der Waals surface area contributed by atoms with Gasteiger partial charge in [-0.2, -0.15) is 5.26 Å². The van der Waals surface area contributed by atoms with E-state index in [0.29, 0.717) is 0 Å². The summed E-state index contributed by atoms with van der Waals surface area (Å²) in [6.45, 7) is -0.0652. The van der Waals surface area contributed by atoms with Crippen molar-refractivity contribution < 1.29 is 22.7 Å². The van der Waals surface area contributed by atoms with Gasteiger partial charge in [0.1, 0.15) is 4.90 Å². The van der Waals surface area contributed by atoms with Crippen molar-refractivity contribution >= 4 is 27.6 Å². The van der Waals surface area contributed by atoms with Gasteiger partial charge in [0, 0.05) is 18.0 Å². The fourth-order valence-electron chi connectivity index (χ4n) is 1.37. The molecule has 9 heteroatoms. The number of hydrogen-bond acceptors (Lipinski definition) is 4. The Labute approximate surface area is 119 Å². The number of unbranched alkanes of at least 4 members (excludes halogenated alkanes) is 1. The third-order valence-corrected chi connectivity index (χ3v) is 3.96. The molecule has 0 aliphatic rings. The second-order valence-corrected chi connectivity index (χ2v) is 5.90. The van der Waals surface area contributed by atoms with Crippen molar-refractivity contribution in [3.63, 3.8) is 0 Å². The zero-order valence-electron chi connectivity index (χ0n) is 10.1. The van der Waals surface area contributed by atoms with Crippen LogP contribution >= 0.6 is 11.6 Å². The second kappa shape index (κ2) is 6.65. The molecule has 0 aliphatic carbocycles. The minimum Gasteiger partial charge on any atom is -0.478 e. The van der Waals surface area contributed by atoms with Crippen LogP contribution in [0.25, 0.3) is 0 Å². The first-order valence-electron chi connectivity index (χ1n) is 5.38. The van der Waals surface area contributed by atoms with Crippen LogP contribution in [0.15, 0.2) is 17.0 Å². The molecule has 6 nitrogen and oxygen atoms in total. The van der Waals surface area contributed by atoms with E-state index in [2.05, 4.69) is 4.72 Å². The molecule has 0 bridgehead atoms. The molecule has 1 rings (SSSR count). The third-order valence-electron chi connectivity index (χ3n) is 2.28. The number of nitrogens with zero attached hydrogens (tertiary/aromatic N) is 1. The van der Waals surface area contributed by atoms with Gasteiger partial charge in [0.25, 0.3) is 0 Å². The van der Waals surface area contributed by atoms with E-state index in [1.54, 1.807) is 0 Å². The molecule has 108 valence electrons. The fraction of sp³-hybridized carbons (Fsp3) is 0.273. The molecular formula is C11H10ClFN2O4S. The Kier molecular flexibility index (Phi) is 5.44. The lowest BCUT2D eigenvalue weighted by atomic mass is 10.2. The molecule has 1 aromatic rings. The monoisotopic (exact) mass is 320 g/mol. The van der Waals surface area contributed by atoms with Gasteiger partial charge in [0.2, 0.25) is 10.0 Å². The summed E-state index contributed by atoms with van der Waals surface area (Å²) in [5.41, 5.74) is -0.824. The lowest BCUT2D eigenvalue weighted by molar-refractivity contribution is 0.0691. The third kappa shape index (κ3) is 3.90. The molecule has 1 aromatic carbocycles. The van der Waals surface area contributed by atoms with Gasteiger partial charge in [-0.15, -0.1) is 0 Å². The zero-order valence-corrected chi connectivity index (χ0v) is 11.6. The maximum Gasteiger partial charge on any atom is 0.338 e. The van der Waals surface area contributed by atoms with Crippen molar-refractivity contribution in [2.24, 2.45) is 0 Å². The van der Waals surface area contributed by atoms with Crippen LogP contribution in [0.4, 0.5) is 4.39 Å². The SMILES string of the molecule is N#CCCCNS(=O)(=O)c1cc(Cl)cc(C(=O)O)c1F.